The number of hydrogen-bond donors (Lipinski definition) is 0. The van der Waals surface area contributed by atoms with Crippen LogP contribution < -0.4 is 0 Å². The van der Waals surface area contributed by atoms with E-state index in [1.807, 2.05) is 12.1 Å². The fourth-order valence-electron chi connectivity index (χ4n) is 5.46. The van der Waals surface area contributed by atoms with Crippen molar-refractivity contribution in [3.05, 3.63) is 66.4 Å². The molecule has 0 saturated carbocycles. The van der Waals surface area contributed by atoms with E-state index in [4.69, 9.17) is 9.40 Å². The predicted molar refractivity (Wildman–Crippen MR) is 114 cm³/mol. The van der Waals surface area contributed by atoms with Gasteiger partial charge in [0.15, 0.2) is 0 Å². The smallest absolute Gasteiger partial charge is 0.144 e. The summed E-state index contributed by atoms with van der Waals surface area (Å²) in [4.78, 5) is 7.54. The number of pyridine rings is 1. The van der Waals surface area contributed by atoms with E-state index < -0.39 is 0 Å². The lowest BCUT2D eigenvalue weighted by molar-refractivity contribution is 0.0941. The van der Waals surface area contributed by atoms with Gasteiger partial charge in [0.2, 0.25) is 0 Å². The maximum absolute atomic E-state index is 6.20. The van der Waals surface area contributed by atoms with E-state index in [1.165, 1.54) is 56.3 Å². The highest BCUT2D eigenvalue weighted by Gasteiger charge is 2.39. The summed E-state index contributed by atoms with van der Waals surface area (Å²) in [7, 11) is 0. The molecular weight excluding hydrogens is 344 g/mol. The van der Waals surface area contributed by atoms with Crippen LogP contribution in [-0.2, 0) is 5.41 Å². The summed E-state index contributed by atoms with van der Waals surface area (Å²) in [6.45, 7) is 3.73. The highest BCUT2D eigenvalue weighted by atomic mass is 16.3. The Hall–Kier alpha value is -2.65. The van der Waals surface area contributed by atoms with Crippen LogP contribution in [0, 0.1) is 0 Å². The molecule has 2 aliphatic rings. The number of benzene rings is 2. The molecule has 6 rings (SSSR count). The molecule has 2 bridgehead atoms. The van der Waals surface area contributed by atoms with Crippen LogP contribution in [0.25, 0.3) is 33.2 Å². The summed E-state index contributed by atoms with van der Waals surface area (Å²) in [6, 6.07) is 19.1. The molecule has 3 nitrogen and oxygen atoms in total. The van der Waals surface area contributed by atoms with Crippen LogP contribution in [0.2, 0.25) is 0 Å². The molecule has 28 heavy (non-hydrogen) atoms. The normalized spacial score (nSPS) is 24.6. The summed E-state index contributed by atoms with van der Waals surface area (Å²) in [5.41, 5.74) is 5.67. The Kier molecular flexibility index (Phi) is 3.60. The minimum Gasteiger partial charge on any atom is -0.455 e. The Morgan fingerprint density at radius 3 is 2.50 bits per heavy atom. The van der Waals surface area contributed by atoms with E-state index in [2.05, 4.69) is 53.6 Å². The molecule has 140 valence electrons. The number of rotatable bonds is 2. The second kappa shape index (κ2) is 6.18. The molecule has 0 radical (unpaired) electrons. The van der Waals surface area contributed by atoms with Gasteiger partial charge in [-0.15, -0.1) is 0 Å². The topological polar surface area (TPSA) is 29.3 Å². The van der Waals surface area contributed by atoms with Gasteiger partial charge in [-0.05, 0) is 62.5 Å². The number of hydrogen-bond acceptors (Lipinski definition) is 3. The lowest BCUT2D eigenvalue weighted by Crippen LogP contribution is -2.50. The SMILES string of the molecule is c1ccc2c(c1)oc1c(-c3ccc(C45CCCN(CCC4)C5)cn3)cccc12. The summed E-state index contributed by atoms with van der Waals surface area (Å²) in [6.07, 6.45) is 7.33. The fraction of sp³-hybridized carbons (Fsp3) is 0.320. The molecule has 0 unspecified atom stereocenters. The Balaban J connectivity index is 1.43. The molecule has 2 aliphatic heterocycles. The third-order valence-electron chi connectivity index (χ3n) is 6.84. The molecule has 2 aromatic carbocycles. The quantitative estimate of drug-likeness (QED) is 0.449. The number of furan rings is 1. The van der Waals surface area contributed by atoms with E-state index in [0.717, 1.165) is 27.8 Å². The summed E-state index contributed by atoms with van der Waals surface area (Å²) in [5, 5.41) is 2.33. The van der Waals surface area contributed by atoms with Crippen LogP contribution in [0.4, 0.5) is 0 Å². The van der Waals surface area contributed by atoms with Crippen molar-refractivity contribution in [2.24, 2.45) is 0 Å². The van der Waals surface area contributed by atoms with E-state index in [0.29, 0.717) is 5.41 Å². The molecule has 0 aliphatic carbocycles. The van der Waals surface area contributed by atoms with Gasteiger partial charge < -0.3 is 9.32 Å². The van der Waals surface area contributed by atoms with Crippen LogP contribution in [0.3, 0.4) is 0 Å². The molecule has 4 heterocycles. The van der Waals surface area contributed by atoms with Crippen molar-refractivity contribution in [1.82, 2.24) is 9.88 Å². The van der Waals surface area contributed by atoms with Gasteiger partial charge in [-0.3, -0.25) is 4.98 Å². The Morgan fingerprint density at radius 2 is 1.68 bits per heavy atom. The highest BCUT2D eigenvalue weighted by Crippen LogP contribution is 2.42. The molecule has 0 amide bonds. The van der Waals surface area contributed by atoms with Crippen molar-refractivity contribution in [3.8, 4) is 11.3 Å². The van der Waals surface area contributed by atoms with Gasteiger partial charge in [0.25, 0.3) is 0 Å². The van der Waals surface area contributed by atoms with Gasteiger partial charge in [-0.1, -0.05) is 36.4 Å². The first kappa shape index (κ1) is 16.3. The number of aromatic nitrogens is 1. The average Bonchev–Trinajstić information content (AvgIpc) is 3.13. The van der Waals surface area contributed by atoms with Crippen molar-refractivity contribution < 1.29 is 4.42 Å². The lowest BCUT2D eigenvalue weighted by atomic mass is 9.69. The molecule has 2 aromatic heterocycles. The van der Waals surface area contributed by atoms with Gasteiger partial charge in [-0.25, -0.2) is 0 Å². The standard InChI is InChI=1S/C25H24N2O/c1-2-9-23-19(6-1)20-7-3-8-21(24(20)28-23)22-11-10-18(16-26-22)25-12-4-14-27(17-25)15-5-13-25/h1-3,6-11,16H,4-5,12-15,17H2. The third-order valence-corrected chi connectivity index (χ3v) is 6.84. The zero-order chi connectivity index (χ0) is 18.6. The number of para-hydroxylation sites is 2. The molecule has 0 atom stereocenters. The molecular formula is C25H24N2O. The Bertz CT molecular complexity index is 1150. The van der Waals surface area contributed by atoms with Crippen LogP contribution >= 0.6 is 0 Å². The van der Waals surface area contributed by atoms with Crippen molar-refractivity contribution in [2.75, 3.05) is 19.6 Å². The van der Waals surface area contributed by atoms with E-state index in [-0.39, 0.29) is 0 Å². The minimum atomic E-state index is 0.313. The fourth-order valence-corrected chi connectivity index (χ4v) is 5.46. The molecule has 0 N–H and O–H groups in total. The van der Waals surface area contributed by atoms with E-state index in [9.17, 15) is 0 Å². The van der Waals surface area contributed by atoms with Crippen molar-refractivity contribution in [3.63, 3.8) is 0 Å². The number of fused-ring (bicyclic) bond motifs is 5. The summed E-state index contributed by atoms with van der Waals surface area (Å²) >= 11 is 0. The maximum Gasteiger partial charge on any atom is 0.144 e. The number of piperidine rings is 2. The molecule has 0 spiro atoms. The van der Waals surface area contributed by atoms with Crippen LogP contribution in [0.5, 0.6) is 0 Å². The molecule has 2 saturated heterocycles. The van der Waals surface area contributed by atoms with E-state index in [1.54, 1.807) is 0 Å². The Labute approximate surface area is 165 Å². The van der Waals surface area contributed by atoms with Crippen molar-refractivity contribution in [2.45, 2.75) is 31.1 Å². The summed E-state index contributed by atoms with van der Waals surface area (Å²) in [5.74, 6) is 0. The second-order valence-corrected chi connectivity index (χ2v) is 8.48. The van der Waals surface area contributed by atoms with Crippen LogP contribution in [-0.4, -0.2) is 29.5 Å². The monoisotopic (exact) mass is 368 g/mol. The highest BCUT2D eigenvalue weighted by molar-refractivity contribution is 6.09. The van der Waals surface area contributed by atoms with Gasteiger partial charge in [0.1, 0.15) is 11.2 Å². The zero-order valence-corrected chi connectivity index (χ0v) is 16.0. The first-order valence-electron chi connectivity index (χ1n) is 10.4. The third kappa shape index (κ3) is 2.43. The maximum atomic E-state index is 6.20. The number of nitrogens with zero attached hydrogens (tertiary/aromatic N) is 2. The van der Waals surface area contributed by atoms with Crippen molar-refractivity contribution in [1.29, 1.82) is 0 Å². The Morgan fingerprint density at radius 1 is 0.857 bits per heavy atom. The largest absolute Gasteiger partial charge is 0.455 e. The minimum absolute atomic E-state index is 0.313. The molecule has 3 heteroatoms. The van der Waals surface area contributed by atoms with Gasteiger partial charge >= 0.3 is 0 Å². The zero-order valence-electron chi connectivity index (χ0n) is 16.0. The molecule has 4 aromatic rings. The van der Waals surface area contributed by atoms with Gasteiger partial charge in [0, 0.05) is 34.5 Å². The van der Waals surface area contributed by atoms with Gasteiger partial charge in [-0.2, -0.15) is 0 Å². The first-order valence-corrected chi connectivity index (χ1v) is 10.4. The van der Waals surface area contributed by atoms with Crippen LogP contribution in [0.1, 0.15) is 31.2 Å². The van der Waals surface area contributed by atoms with E-state index >= 15 is 0 Å². The lowest BCUT2D eigenvalue weighted by Gasteiger charge is -2.47. The average molecular weight is 368 g/mol. The first-order chi connectivity index (χ1) is 13.8. The predicted octanol–water partition coefficient (Wildman–Crippen LogP) is 5.78. The summed E-state index contributed by atoms with van der Waals surface area (Å²) < 4.78 is 6.20. The van der Waals surface area contributed by atoms with Crippen LogP contribution in [0.15, 0.2) is 65.2 Å². The second-order valence-electron chi connectivity index (χ2n) is 8.48. The molecule has 2 fully saturated rings. The van der Waals surface area contributed by atoms with Gasteiger partial charge in [0.05, 0.1) is 5.69 Å². The van der Waals surface area contributed by atoms with Crippen molar-refractivity contribution >= 4 is 21.9 Å².